The molecule has 1 fully saturated rings. The van der Waals surface area contributed by atoms with E-state index in [0.717, 1.165) is 6.54 Å². The van der Waals surface area contributed by atoms with E-state index in [-0.39, 0.29) is 17.5 Å². The molecule has 0 aromatic heterocycles. The normalized spacial score (nSPS) is 19.0. The number of ether oxygens (including phenoxy) is 3. The number of morpholine rings is 1. The Bertz CT molecular complexity index is 612. The molecule has 1 aliphatic rings. The van der Waals surface area contributed by atoms with Crippen molar-refractivity contribution in [3.05, 3.63) is 17.7 Å². The van der Waals surface area contributed by atoms with E-state index in [9.17, 15) is 8.42 Å². The summed E-state index contributed by atoms with van der Waals surface area (Å²) in [7, 11) is -0.659. The molecule has 1 unspecified atom stereocenters. The highest BCUT2D eigenvalue weighted by atomic mass is 32.2. The molecule has 22 heavy (non-hydrogen) atoms. The average Bonchev–Trinajstić information content (AvgIpc) is 2.53. The number of nitrogens with one attached hydrogen (secondary N) is 2. The molecule has 0 radical (unpaired) electrons. The zero-order valence-corrected chi connectivity index (χ0v) is 13.8. The third-order valence-electron chi connectivity index (χ3n) is 3.48. The molecule has 0 bridgehead atoms. The summed E-state index contributed by atoms with van der Waals surface area (Å²) < 4.78 is 43.4. The van der Waals surface area contributed by atoms with Gasteiger partial charge in [0.05, 0.1) is 31.8 Å². The number of methoxy groups -OCH3 is 2. The van der Waals surface area contributed by atoms with E-state index in [0.29, 0.717) is 30.2 Å². The summed E-state index contributed by atoms with van der Waals surface area (Å²) >= 11 is 0. The largest absolute Gasteiger partial charge is 0.493 e. The minimum atomic E-state index is -3.64. The molecule has 2 N–H and O–H groups in total. The highest BCUT2D eigenvalue weighted by molar-refractivity contribution is 7.89. The van der Waals surface area contributed by atoms with Crippen LogP contribution in [0.2, 0.25) is 0 Å². The minimum Gasteiger partial charge on any atom is -0.493 e. The second-order valence-corrected chi connectivity index (χ2v) is 6.76. The summed E-state index contributed by atoms with van der Waals surface area (Å²) in [6, 6.07) is 3.11. The molecule has 1 atom stereocenters. The number of rotatable bonds is 6. The van der Waals surface area contributed by atoms with Crippen LogP contribution in [-0.2, 0) is 14.8 Å². The lowest BCUT2D eigenvalue weighted by Gasteiger charge is -2.24. The number of hydrogen-bond donors (Lipinski definition) is 2. The van der Waals surface area contributed by atoms with Gasteiger partial charge in [-0.15, -0.1) is 0 Å². The van der Waals surface area contributed by atoms with Crippen molar-refractivity contribution in [2.75, 3.05) is 40.5 Å². The van der Waals surface area contributed by atoms with Crippen molar-refractivity contribution in [3.63, 3.8) is 0 Å². The first-order valence-corrected chi connectivity index (χ1v) is 8.51. The fraction of sp³-hybridized carbons (Fsp3) is 0.571. The van der Waals surface area contributed by atoms with Crippen molar-refractivity contribution in [1.82, 2.24) is 10.0 Å². The topological polar surface area (TPSA) is 85.9 Å². The summed E-state index contributed by atoms with van der Waals surface area (Å²) in [5, 5.41) is 3.16. The van der Waals surface area contributed by atoms with Crippen LogP contribution in [0.3, 0.4) is 0 Å². The lowest BCUT2D eigenvalue weighted by molar-refractivity contribution is 0.0324. The lowest BCUT2D eigenvalue weighted by atomic mass is 10.2. The molecule has 0 saturated carbocycles. The van der Waals surface area contributed by atoms with E-state index < -0.39 is 10.0 Å². The molecule has 2 rings (SSSR count). The van der Waals surface area contributed by atoms with Crippen LogP contribution in [0.25, 0.3) is 0 Å². The summed E-state index contributed by atoms with van der Waals surface area (Å²) in [6.07, 6.45) is -0.163. The van der Waals surface area contributed by atoms with Crippen LogP contribution in [0.5, 0.6) is 11.5 Å². The Kier molecular flexibility index (Phi) is 5.63. The Morgan fingerprint density at radius 1 is 1.32 bits per heavy atom. The lowest BCUT2D eigenvalue weighted by Crippen LogP contribution is -2.45. The van der Waals surface area contributed by atoms with Gasteiger partial charge >= 0.3 is 0 Å². The highest BCUT2D eigenvalue weighted by Crippen LogP contribution is 2.32. The molecule has 1 aliphatic heterocycles. The zero-order chi connectivity index (χ0) is 16.2. The van der Waals surface area contributed by atoms with E-state index >= 15 is 0 Å². The first kappa shape index (κ1) is 17.0. The van der Waals surface area contributed by atoms with Gasteiger partial charge in [-0.2, -0.15) is 0 Å². The number of hydrogen-bond acceptors (Lipinski definition) is 6. The van der Waals surface area contributed by atoms with Crippen LogP contribution in [0.1, 0.15) is 5.56 Å². The Hall–Kier alpha value is -1.35. The van der Waals surface area contributed by atoms with Crippen LogP contribution in [0.15, 0.2) is 17.0 Å². The molecule has 8 heteroatoms. The standard InChI is InChI=1S/C14H22N2O5S/c1-10-6-12(19-2)13(20-3)7-14(10)22(17,18)16-9-11-8-15-4-5-21-11/h6-7,11,15-16H,4-5,8-9H2,1-3H3. The summed E-state index contributed by atoms with van der Waals surface area (Å²) in [5.41, 5.74) is 0.591. The molecule has 0 spiro atoms. The Morgan fingerprint density at radius 2 is 2.00 bits per heavy atom. The van der Waals surface area contributed by atoms with Gasteiger partial charge in [-0.05, 0) is 18.6 Å². The monoisotopic (exact) mass is 330 g/mol. The maximum absolute atomic E-state index is 12.5. The first-order valence-electron chi connectivity index (χ1n) is 7.02. The van der Waals surface area contributed by atoms with Crippen LogP contribution in [0, 0.1) is 6.92 Å². The molecule has 7 nitrogen and oxygen atoms in total. The van der Waals surface area contributed by atoms with Crippen molar-refractivity contribution in [3.8, 4) is 11.5 Å². The first-order chi connectivity index (χ1) is 10.5. The van der Waals surface area contributed by atoms with E-state index in [2.05, 4.69) is 10.0 Å². The van der Waals surface area contributed by atoms with Crippen molar-refractivity contribution in [2.24, 2.45) is 0 Å². The summed E-state index contributed by atoms with van der Waals surface area (Å²) in [6.45, 7) is 3.95. The van der Waals surface area contributed by atoms with Crippen molar-refractivity contribution < 1.29 is 22.6 Å². The summed E-state index contributed by atoms with van der Waals surface area (Å²) in [5.74, 6) is 0.878. The molecule has 0 aliphatic carbocycles. The molecule has 1 aromatic carbocycles. The Balaban J connectivity index is 2.17. The van der Waals surface area contributed by atoms with Crippen LogP contribution >= 0.6 is 0 Å². The predicted octanol–water partition coefficient (Wildman–Crippen LogP) is 0.279. The van der Waals surface area contributed by atoms with E-state index in [4.69, 9.17) is 14.2 Å². The van der Waals surface area contributed by atoms with Crippen LogP contribution in [0.4, 0.5) is 0 Å². The van der Waals surface area contributed by atoms with Crippen molar-refractivity contribution in [2.45, 2.75) is 17.9 Å². The van der Waals surface area contributed by atoms with E-state index in [1.165, 1.54) is 20.3 Å². The van der Waals surface area contributed by atoms with Gasteiger partial charge in [0.25, 0.3) is 0 Å². The van der Waals surface area contributed by atoms with Crippen molar-refractivity contribution >= 4 is 10.0 Å². The van der Waals surface area contributed by atoms with Gasteiger partial charge < -0.3 is 19.5 Å². The smallest absolute Gasteiger partial charge is 0.241 e. The fourth-order valence-corrected chi connectivity index (χ4v) is 3.59. The van der Waals surface area contributed by atoms with Gasteiger partial charge in [0.1, 0.15) is 0 Å². The Morgan fingerprint density at radius 3 is 2.59 bits per heavy atom. The quantitative estimate of drug-likeness (QED) is 0.779. The third-order valence-corrected chi connectivity index (χ3v) is 5.04. The van der Waals surface area contributed by atoms with Gasteiger partial charge in [0.15, 0.2) is 11.5 Å². The van der Waals surface area contributed by atoms with Crippen molar-refractivity contribution in [1.29, 1.82) is 0 Å². The molecule has 1 saturated heterocycles. The second-order valence-electron chi connectivity index (χ2n) is 5.02. The van der Waals surface area contributed by atoms with Crippen LogP contribution < -0.4 is 19.5 Å². The van der Waals surface area contributed by atoms with Crippen LogP contribution in [-0.4, -0.2) is 55.0 Å². The van der Waals surface area contributed by atoms with E-state index in [1.54, 1.807) is 13.0 Å². The number of sulfonamides is 1. The SMILES string of the molecule is COc1cc(C)c(S(=O)(=O)NCC2CNCCO2)cc1OC. The number of aryl methyl sites for hydroxylation is 1. The maximum Gasteiger partial charge on any atom is 0.241 e. The molecule has 1 aromatic rings. The maximum atomic E-state index is 12.5. The molecule has 124 valence electrons. The predicted molar refractivity (Wildman–Crippen MR) is 82.1 cm³/mol. The van der Waals surface area contributed by atoms with E-state index in [1.807, 2.05) is 0 Å². The zero-order valence-electron chi connectivity index (χ0n) is 13.0. The Labute approximate surface area is 131 Å². The molecular weight excluding hydrogens is 308 g/mol. The number of benzene rings is 1. The molecule has 1 heterocycles. The van der Waals surface area contributed by atoms with Gasteiger partial charge in [-0.3, -0.25) is 0 Å². The fourth-order valence-electron chi connectivity index (χ4n) is 2.28. The second kappa shape index (κ2) is 7.28. The summed E-state index contributed by atoms with van der Waals surface area (Å²) in [4.78, 5) is 0.175. The minimum absolute atomic E-state index is 0.163. The highest BCUT2D eigenvalue weighted by Gasteiger charge is 2.22. The van der Waals surface area contributed by atoms with Gasteiger partial charge in [-0.1, -0.05) is 0 Å². The van der Waals surface area contributed by atoms with Gasteiger partial charge in [0.2, 0.25) is 10.0 Å². The van der Waals surface area contributed by atoms with Gasteiger partial charge in [0, 0.05) is 25.7 Å². The van der Waals surface area contributed by atoms with Gasteiger partial charge in [-0.25, -0.2) is 13.1 Å². The average molecular weight is 330 g/mol. The molecule has 0 amide bonds. The molecular formula is C14H22N2O5S. The third kappa shape index (κ3) is 3.89.